The van der Waals surface area contributed by atoms with Crippen LogP contribution in [-0.4, -0.2) is 25.8 Å². The molecule has 0 saturated heterocycles. The number of nitrogens with one attached hydrogen (secondary N) is 2. The van der Waals surface area contributed by atoms with E-state index in [1.165, 1.54) is 12.8 Å². The van der Waals surface area contributed by atoms with E-state index in [1.807, 2.05) is 19.2 Å². The number of hydrogen-bond donors (Lipinski definition) is 2. The summed E-state index contributed by atoms with van der Waals surface area (Å²) >= 11 is 0. The van der Waals surface area contributed by atoms with Crippen LogP contribution in [0.3, 0.4) is 0 Å². The normalized spacial score (nSPS) is 10.7. The summed E-state index contributed by atoms with van der Waals surface area (Å²) in [6.07, 6.45) is 2.46. The van der Waals surface area contributed by atoms with Crippen molar-refractivity contribution in [1.29, 1.82) is 0 Å². The number of hydrogen-bond acceptors (Lipinski definition) is 3. The summed E-state index contributed by atoms with van der Waals surface area (Å²) in [6.45, 7) is 3.24. The van der Waals surface area contributed by atoms with Gasteiger partial charge >= 0.3 is 0 Å². The summed E-state index contributed by atoms with van der Waals surface area (Å²) in [7, 11) is 3.82. The van der Waals surface area contributed by atoms with Gasteiger partial charge in [-0.05, 0) is 6.42 Å². The van der Waals surface area contributed by atoms with Crippen molar-refractivity contribution in [3.8, 4) is 0 Å². The van der Waals surface area contributed by atoms with E-state index in [-0.39, 0.29) is 0 Å². The second-order valence-corrected chi connectivity index (χ2v) is 1.95. The highest BCUT2D eigenvalue weighted by Crippen LogP contribution is 1.86. The largest absolute Gasteiger partial charge is 0.245 e. The van der Waals surface area contributed by atoms with Crippen LogP contribution >= 0.6 is 0 Å². The van der Waals surface area contributed by atoms with Crippen LogP contribution in [0, 0.1) is 0 Å². The van der Waals surface area contributed by atoms with E-state index < -0.39 is 0 Å². The fourth-order valence-corrected chi connectivity index (χ4v) is 0.652. The van der Waals surface area contributed by atoms with Gasteiger partial charge in [-0.2, -0.15) is 5.12 Å². The Morgan fingerprint density at radius 1 is 1.22 bits per heavy atom. The zero-order valence-corrected chi connectivity index (χ0v) is 6.57. The smallest absolute Gasteiger partial charge is 0.0287 e. The third kappa shape index (κ3) is 4.39. The Hall–Kier alpha value is -0.120. The van der Waals surface area contributed by atoms with Crippen molar-refractivity contribution >= 4 is 0 Å². The maximum Gasteiger partial charge on any atom is 0.0287 e. The molecule has 0 heterocycles. The second-order valence-electron chi connectivity index (χ2n) is 1.95. The van der Waals surface area contributed by atoms with Crippen LogP contribution in [0.25, 0.3) is 0 Å². The molecule has 0 atom stereocenters. The highest BCUT2D eigenvalue weighted by atomic mass is 15.7. The molecule has 0 aliphatic heterocycles. The van der Waals surface area contributed by atoms with E-state index in [4.69, 9.17) is 0 Å². The van der Waals surface area contributed by atoms with Gasteiger partial charge in [-0.1, -0.05) is 13.3 Å². The molecule has 0 aromatic rings. The van der Waals surface area contributed by atoms with E-state index >= 15 is 0 Å². The van der Waals surface area contributed by atoms with Crippen LogP contribution in [-0.2, 0) is 0 Å². The molecule has 9 heavy (non-hydrogen) atoms. The highest BCUT2D eigenvalue weighted by molar-refractivity contribution is 4.39. The number of hydrazine groups is 2. The molecule has 0 unspecified atom stereocenters. The minimum absolute atomic E-state index is 1.06. The van der Waals surface area contributed by atoms with Crippen molar-refractivity contribution in [2.24, 2.45) is 0 Å². The fraction of sp³-hybridized carbons (Fsp3) is 1.00. The Bertz CT molecular complexity index is 52.3. The Morgan fingerprint density at radius 3 is 2.11 bits per heavy atom. The van der Waals surface area contributed by atoms with E-state index in [0.29, 0.717) is 0 Å². The molecule has 0 bridgehead atoms. The second kappa shape index (κ2) is 6.01. The summed E-state index contributed by atoms with van der Waals surface area (Å²) in [5.74, 6) is 0. The molecule has 0 aromatic carbocycles. The molecule has 2 N–H and O–H groups in total. The third-order valence-corrected chi connectivity index (χ3v) is 1.28. The minimum atomic E-state index is 1.06. The Labute approximate surface area is 57.4 Å². The molecule has 3 nitrogen and oxygen atoms in total. The quantitative estimate of drug-likeness (QED) is 0.527. The van der Waals surface area contributed by atoms with Gasteiger partial charge in [0.05, 0.1) is 0 Å². The Morgan fingerprint density at radius 2 is 1.78 bits per heavy atom. The topological polar surface area (TPSA) is 27.3 Å². The Kier molecular flexibility index (Phi) is 5.93. The average Bonchev–Trinajstić information content (AvgIpc) is 1.91. The molecule has 0 fully saturated rings. The SMILES string of the molecule is CCCCN(NC)NC. The first-order valence-electron chi connectivity index (χ1n) is 3.47. The van der Waals surface area contributed by atoms with Crippen molar-refractivity contribution in [2.45, 2.75) is 19.8 Å². The van der Waals surface area contributed by atoms with Gasteiger partial charge < -0.3 is 0 Å². The minimum Gasteiger partial charge on any atom is -0.245 e. The summed E-state index contributed by atoms with van der Waals surface area (Å²) in [5.41, 5.74) is 6.02. The summed E-state index contributed by atoms with van der Waals surface area (Å²) in [5, 5.41) is 1.96. The zero-order chi connectivity index (χ0) is 7.11. The molecule has 0 aliphatic rings. The first kappa shape index (κ1) is 8.88. The standard InChI is InChI=1S/C6H17N3/c1-4-5-6-9(7-2)8-3/h7-8H,4-6H2,1-3H3. The third-order valence-electron chi connectivity index (χ3n) is 1.28. The van der Waals surface area contributed by atoms with Gasteiger partial charge in [0.25, 0.3) is 0 Å². The van der Waals surface area contributed by atoms with E-state index in [2.05, 4.69) is 17.8 Å². The van der Waals surface area contributed by atoms with Crippen LogP contribution in [0.5, 0.6) is 0 Å². The van der Waals surface area contributed by atoms with Gasteiger partial charge in [0, 0.05) is 20.6 Å². The number of nitrogens with zero attached hydrogens (tertiary/aromatic N) is 1. The van der Waals surface area contributed by atoms with Gasteiger partial charge in [-0.15, -0.1) is 0 Å². The van der Waals surface area contributed by atoms with E-state index in [1.54, 1.807) is 0 Å². The molecule has 0 rings (SSSR count). The fourth-order valence-electron chi connectivity index (χ4n) is 0.652. The van der Waals surface area contributed by atoms with Crippen molar-refractivity contribution in [3.63, 3.8) is 0 Å². The van der Waals surface area contributed by atoms with Crippen LogP contribution in [0.2, 0.25) is 0 Å². The van der Waals surface area contributed by atoms with E-state index in [9.17, 15) is 0 Å². The van der Waals surface area contributed by atoms with Gasteiger partial charge in [-0.25, -0.2) is 10.9 Å². The van der Waals surface area contributed by atoms with Crippen molar-refractivity contribution in [3.05, 3.63) is 0 Å². The van der Waals surface area contributed by atoms with Crippen molar-refractivity contribution in [2.75, 3.05) is 20.6 Å². The zero-order valence-electron chi connectivity index (χ0n) is 6.57. The van der Waals surface area contributed by atoms with Crippen molar-refractivity contribution in [1.82, 2.24) is 16.0 Å². The van der Waals surface area contributed by atoms with Crippen LogP contribution in [0.15, 0.2) is 0 Å². The molecule has 0 amide bonds. The first-order chi connectivity index (χ1) is 4.35. The molecular formula is C6H17N3. The lowest BCUT2D eigenvalue weighted by Gasteiger charge is -2.18. The molecule has 0 aliphatic carbocycles. The van der Waals surface area contributed by atoms with Gasteiger partial charge in [0.1, 0.15) is 0 Å². The predicted octanol–water partition coefficient (Wildman–Crippen LogP) is 0.357. The number of unbranched alkanes of at least 4 members (excludes halogenated alkanes) is 1. The van der Waals surface area contributed by atoms with Gasteiger partial charge in [0.15, 0.2) is 0 Å². The molecule has 0 saturated carbocycles. The van der Waals surface area contributed by atoms with Crippen LogP contribution in [0.4, 0.5) is 0 Å². The lowest BCUT2D eigenvalue weighted by Crippen LogP contribution is -2.44. The molecular weight excluding hydrogens is 114 g/mol. The summed E-state index contributed by atoms with van der Waals surface area (Å²) < 4.78 is 0. The maximum atomic E-state index is 3.01. The monoisotopic (exact) mass is 131 g/mol. The molecule has 0 spiro atoms. The average molecular weight is 131 g/mol. The lowest BCUT2D eigenvalue weighted by atomic mass is 10.3. The van der Waals surface area contributed by atoms with Crippen LogP contribution in [0.1, 0.15) is 19.8 Å². The van der Waals surface area contributed by atoms with Crippen LogP contribution < -0.4 is 10.9 Å². The first-order valence-corrected chi connectivity index (χ1v) is 3.47. The predicted molar refractivity (Wildman–Crippen MR) is 39.7 cm³/mol. The lowest BCUT2D eigenvalue weighted by molar-refractivity contribution is 0.143. The molecule has 0 radical (unpaired) electrons. The number of rotatable bonds is 5. The summed E-state index contributed by atoms with van der Waals surface area (Å²) in [4.78, 5) is 0. The van der Waals surface area contributed by atoms with Gasteiger partial charge in [0.2, 0.25) is 0 Å². The van der Waals surface area contributed by atoms with Crippen molar-refractivity contribution < 1.29 is 0 Å². The molecule has 3 heteroatoms. The highest BCUT2D eigenvalue weighted by Gasteiger charge is 1.93. The van der Waals surface area contributed by atoms with Gasteiger partial charge in [-0.3, -0.25) is 0 Å². The van der Waals surface area contributed by atoms with E-state index in [0.717, 1.165) is 6.54 Å². The Balaban J connectivity index is 3.09. The summed E-state index contributed by atoms with van der Waals surface area (Å²) in [6, 6.07) is 0. The maximum absolute atomic E-state index is 3.01. The molecule has 0 aromatic heterocycles. The molecule has 56 valence electrons.